The average Bonchev–Trinajstić information content (AvgIpc) is 2.71. The Hall–Kier alpha value is -3.81. The summed E-state index contributed by atoms with van der Waals surface area (Å²) in [5, 5.41) is 11.1. The molecular weight excluding hydrogens is 405 g/mol. The number of nitrogens with zero attached hydrogens (tertiary/aromatic N) is 4. The first-order valence-corrected chi connectivity index (χ1v) is 8.74. The highest BCUT2D eigenvalue weighted by molar-refractivity contribution is 5.94. The minimum absolute atomic E-state index is 0.113. The van der Waals surface area contributed by atoms with E-state index >= 15 is 0 Å². The van der Waals surface area contributed by atoms with Crippen LogP contribution in [0.5, 0.6) is 5.75 Å². The van der Waals surface area contributed by atoms with Crippen molar-refractivity contribution in [2.75, 3.05) is 31.1 Å². The number of nitro groups is 1. The van der Waals surface area contributed by atoms with Crippen molar-refractivity contribution in [1.82, 2.24) is 9.88 Å². The maximum atomic E-state index is 12.3. The standard InChI is InChI=1S/C19H15F3N4O4/c20-19(21,22)30-15-4-1-3-14(13-15)6-7-17(27)24-9-11-25(12-10-24)18-16(26(28)29)5-2-8-23-18/h1-5,8,13H,9-12H2. The van der Waals surface area contributed by atoms with Crippen LogP contribution in [0.25, 0.3) is 0 Å². The van der Waals surface area contributed by atoms with E-state index in [4.69, 9.17) is 0 Å². The summed E-state index contributed by atoms with van der Waals surface area (Å²) in [7, 11) is 0. The summed E-state index contributed by atoms with van der Waals surface area (Å²) in [6.45, 7) is 1.22. The highest BCUT2D eigenvalue weighted by atomic mass is 19.4. The second kappa shape index (κ2) is 8.69. The lowest BCUT2D eigenvalue weighted by Crippen LogP contribution is -2.48. The van der Waals surface area contributed by atoms with Crippen molar-refractivity contribution in [3.05, 3.63) is 58.3 Å². The minimum atomic E-state index is -4.82. The molecule has 0 N–H and O–H groups in total. The Morgan fingerprint density at radius 1 is 1.17 bits per heavy atom. The van der Waals surface area contributed by atoms with E-state index in [-0.39, 0.29) is 30.2 Å². The van der Waals surface area contributed by atoms with Gasteiger partial charge in [0, 0.05) is 49.9 Å². The molecule has 1 saturated heterocycles. The summed E-state index contributed by atoms with van der Waals surface area (Å²) in [4.78, 5) is 30.2. The number of halogens is 3. The third-order valence-electron chi connectivity index (χ3n) is 4.21. The predicted molar refractivity (Wildman–Crippen MR) is 99.7 cm³/mol. The topological polar surface area (TPSA) is 88.8 Å². The summed E-state index contributed by atoms with van der Waals surface area (Å²) in [6, 6.07) is 7.87. The number of carbonyl (C=O) groups is 1. The Bertz CT molecular complexity index is 1010. The lowest BCUT2D eigenvalue weighted by atomic mass is 10.2. The van der Waals surface area contributed by atoms with E-state index in [1.807, 2.05) is 0 Å². The van der Waals surface area contributed by atoms with E-state index in [0.29, 0.717) is 13.1 Å². The number of hydrogen-bond acceptors (Lipinski definition) is 6. The normalized spacial score (nSPS) is 14.0. The van der Waals surface area contributed by atoms with Gasteiger partial charge < -0.3 is 14.5 Å². The summed E-state index contributed by atoms with van der Waals surface area (Å²) in [5.41, 5.74) is 0.0888. The number of benzene rings is 1. The fourth-order valence-corrected chi connectivity index (χ4v) is 2.87. The van der Waals surface area contributed by atoms with Gasteiger partial charge in [0.15, 0.2) is 0 Å². The van der Waals surface area contributed by atoms with Gasteiger partial charge in [-0.25, -0.2) is 4.98 Å². The van der Waals surface area contributed by atoms with E-state index < -0.39 is 22.9 Å². The molecule has 156 valence electrons. The molecule has 0 spiro atoms. The maximum Gasteiger partial charge on any atom is 0.573 e. The highest BCUT2D eigenvalue weighted by Gasteiger charge is 2.31. The largest absolute Gasteiger partial charge is 0.573 e. The van der Waals surface area contributed by atoms with Gasteiger partial charge in [-0.3, -0.25) is 14.9 Å². The number of piperazine rings is 1. The van der Waals surface area contributed by atoms with Gasteiger partial charge in [0.2, 0.25) is 5.82 Å². The third-order valence-corrected chi connectivity index (χ3v) is 4.21. The number of carbonyl (C=O) groups excluding carboxylic acids is 1. The molecule has 8 nitrogen and oxygen atoms in total. The molecular formula is C19H15F3N4O4. The Kier molecular flexibility index (Phi) is 6.06. The van der Waals surface area contributed by atoms with E-state index in [1.54, 1.807) is 4.90 Å². The highest BCUT2D eigenvalue weighted by Crippen LogP contribution is 2.26. The molecule has 0 bridgehead atoms. The second-order valence-electron chi connectivity index (χ2n) is 6.21. The quantitative estimate of drug-likeness (QED) is 0.431. The zero-order valence-corrected chi connectivity index (χ0v) is 15.4. The molecule has 3 rings (SSSR count). The number of pyridine rings is 1. The van der Waals surface area contributed by atoms with Crippen molar-refractivity contribution in [1.29, 1.82) is 0 Å². The van der Waals surface area contributed by atoms with Crippen molar-refractivity contribution in [2.24, 2.45) is 0 Å². The lowest BCUT2D eigenvalue weighted by Gasteiger charge is -2.34. The van der Waals surface area contributed by atoms with Crippen molar-refractivity contribution in [2.45, 2.75) is 6.36 Å². The Morgan fingerprint density at radius 2 is 1.90 bits per heavy atom. The van der Waals surface area contributed by atoms with Crippen LogP contribution in [0.3, 0.4) is 0 Å². The number of hydrogen-bond donors (Lipinski definition) is 0. The molecule has 0 atom stereocenters. The first kappa shape index (κ1) is 20.9. The Morgan fingerprint density at radius 3 is 2.57 bits per heavy atom. The fraction of sp³-hybridized carbons (Fsp3) is 0.263. The van der Waals surface area contributed by atoms with Crippen LogP contribution in [0.1, 0.15) is 5.56 Å². The molecule has 1 aliphatic rings. The first-order chi connectivity index (χ1) is 14.2. The second-order valence-corrected chi connectivity index (χ2v) is 6.21. The zero-order chi connectivity index (χ0) is 21.7. The molecule has 2 heterocycles. The van der Waals surface area contributed by atoms with Crippen LogP contribution in [0, 0.1) is 22.0 Å². The number of anilines is 1. The van der Waals surface area contributed by atoms with Crippen LogP contribution < -0.4 is 9.64 Å². The zero-order valence-electron chi connectivity index (χ0n) is 15.4. The van der Waals surface area contributed by atoms with Crippen LogP contribution >= 0.6 is 0 Å². The number of rotatable bonds is 3. The van der Waals surface area contributed by atoms with E-state index in [0.717, 1.165) is 12.1 Å². The number of alkyl halides is 3. The minimum Gasteiger partial charge on any atom is -0.406 e. The van der Waals surface area contributed by atoms with Gasteiger partial charge in [-0.2, -0.15) is 0 Å². The smallest absolute Gasteiger partial charge is 0.406 e. The van der Waals surface area contributed by atoms with Crippen LogP contribution in [0.15, 0.2) is 42.6 Å². The van der Waals surface area contributed by atoms with Crippen LogP contribution in [0.2, 0.25) is 0 Å². The summed E-state index contributed by atoms with van der Waals surface area (Å²) in [6.07, 6.45) is -3.35. The summed E-state index contributed by atoms with van der Waals surface area (Å²) >= 11 is 0. The molecule has 1 fully saturated rings. The number of amides is 1. The Labute approximate surface area is 169 Å². The molecule has 0 unspecified atom stereocenters. The van der Waals surface area contributed by atoms with Crippen molar-refractivity contribution in [3.8, 4) is 17.6 Å². The number of ether oxygens (including phenoxy) is 1. The average molecular weight is 420 g/mol. The van der Waals surface area contributed by atoms with E-state index in [2.05, 4.69) is 21.6 Å². The van der Waals surface area contributed by atoms with Crippen molar-refractivity contribution < 1.29 is 27.6 Å². The van der Waals surface area contributed by atoms with Gasteiger partial charge in [-0.05, 0) is 24.3 Å². The van der Waals surface area contributed by atoms with Gasteiger partial charge in [-0.1, -0.05) is 12.0 Å². The van der Waals surface area contributed by atoms with Gasteiger partial charge in [0.25, 0.3) is 5.91 Å². The van der Waals surface area contributed by atoms with E-state index in [9.17, 15) is 28.1 Å². The van der Waals surface area contributed by atoms with Crippen molar-refractivity contribution >= 4 is 17.4 Å². The monoisotopic (exact) mass is 420 g/mol. The lowest BCUT2D eigenvalue weighted by molar-refractivity contribution is -0.384. The molecule has 0 radical (unpaired) electrons. The summed E-state index contributed by atoms with van der Waals surface area (Å²) < 4.78 is 40.7. The molecule has 1 amide bonds. The summed E-state index contributed by atoms with van der Waals surface area (Å²) in [5.74, 6) is 4.25. The van der Waals surface area contributed by atoms with Gasteiger partial charge in [0.05, 0.1) is 4.92 Å². The van der Waals surface area contributed by atoms with Gasteiger partial charge in [-0.15, -0.1) is 13.2 Å². The van der Waals surface area contributed by atoms with Crippen LogP contribution in [-0.4, -0.2) is 53.3 Å². The molecule has 30 heavy (non-hydrogen) atoms. The molecule has 11 heteroatoms. The molecule has 1 aromatic heterocycles. The Balaban J connectivity index is 1.62. The van der Waals surface area contributed by atoms with Crippen LogP contribution in [-0.2, 0) is 4.79 Å². The van der Waals surface area contributed by atoms with Crippen LogP contribution in [0.4, 0.5) is 24.7 Å². The maximum absolute atomic E-state index is 12.3. The van der Waals surface area contributed by atoms with Crippen molar-refractivity contribution in [3.63, 3.8) is 0 Å². The van der Waals surface area contributed by atoms with Gasteiger partial charge in [0.1, 0.15) is 5.75 Å². The first-order valence-electron chi connectivity index (χ1n) is 8.74. The number of aromatic nitrogens is 1. The molecule has 1 aromatic carbocycles. The fourth-order valence-electron chi connectivity index (χ4n) is 2.87. The third kappa shape index (κ3) is 5.38. The molecule has 1 aliphatic heterocycles. The van der Waals surface area contributed by atoms with E-state index in [1.165, 1.54) is 35.4 Å². The molecule has 0 saturated carbocycles. The molecule has 2 aromatic rings. The SMILES string of the molecule is O=C(C#Cc1cccc(OC(F)(F)F)c1)N1CCN(c2ncccc2[N+](=O)[O-])CC1. The predicted octanol–water partition coefficient (Wildman–Crippen LogP) is 2.59. The van der Waals surface area contributed by atoms with Gasteiger partial charge >= 0.3 is 12.0 Å². The molecule has 0 aliphatic carbocycles.